The molecule has 1 aliphatic rings. The van der Waals surface area contributed by atoms with Gasteiger partial charge in [0.2, 0.25) is 0 Å². The normalized spacial score (nSPS) is 18.2. The Hall–Kier alpha value is -3.44. The van der Waals surface area contributed by atoms with Crippen molar-refractivity contribution >= 4 is 29.2 Å². The van der Waals surface area contributed by atoms with Crippen molar-refractivity contribution in [3.8, 4) is 6.07 Å². The van der Waals surface area contributed by atoms with Gasteiger partial charge in [0.25, 0.3) is 11.9 Å². The third kappa shape index (κ3) is 4.05. The molecule has 1 unspecified atom stereocenters. The number of nitrogens with zero attached hydrogens (tertiary/aromatic N) is 3. The Morgan fingerprint density at radius 2 is 2.17 bits per heavy atom. The minimum Gasteiger partial charge on any atom is -0.431 e. The van der Waals surface area contributed by atoms with E-state index in [-0.39, 0.29) is 16.7 Å². The molecule has 0 fully saturated rings. The van der Waals surface area contributed by atoms with E-state index in [4.69, 9.17) is 27.3 Å². The molecule has 1 atom stereocenters. The maximum absolute atomic E-state index is 14.1. The minimum atomic E-state index is -1.45. The van der Waals surface area contributed by atoms with Crippen molar-refractivity contribution < 1.29 is 13.9 Å². The topological polar surface area (TPSA) is 113 Å². The standard InChI is InChI=1S/C20H17ClFN5O2/c1-11-5-13(8-23)9-25-17(11)18(28)26-14-3-4-16(21)15(6-14)20(10-22)7-12(2)29-19(24)27-20/h3-7,9H,10H2,1-2H3,(H2,24,27)(H,26,28). The first-order valence-electron chi connectivity index (χ1n) is 8.54. The Balaban J connectivity index is 1.97. The summed E-state index contributed by atoms with van der Waals surface area (Å²) in [6.45, 7) is 2.41. The summed E-state index contributed by atoms with van der Waals surface area (Å²) in [5.74, 6) is -0.0886. The number of hydrogen-bond donors (Lipinski definition) is 2. The highest BCUT2D eigenvalue weighted by Crippen LogP contribution is 2.38. The van der Waals surface area contributed by atoms with Gasteiger partial charge in [-0.2, -0.15) is 5.26 Å². The number of pyridine rings is 1. The van der Waals surface area contributed by atoms with E-state index in [1.165, 1.54) is 24.4 Å². The molecule has 1 aliphatic heterocycles. The number of aliphatic imine (C=N–C) groups is 1. The van der Waals surface area contributed by atoms with Gasteiger partial charge in [0.15, 0.2) is 0 Å². The van der Waals surface area contributed by atoms with Crippen LogP contribution in [0.25, 0.3) is 0 Å². The fourth-order valence-electron chi connectivity index (χ4n) is 3.06. The van der Waals surface area contributed by atoms with E-state index in [9.17, 15) is 9.18 Å². The number of aryl methyl sites for hydroxylation is 1. The van der Waals surface area contributed by atoms with E-state index >= 15 is 0 Å². The number of nitrogens with two attached hydrogens (primary N) is 1. The fourth-order valence-corrected chi connectivity index (χ4v) is 3.34. The van der Waals surface area contributed by atoms with Crippen LogP contribution in [0.3, 0.4) is 0 Å². The number of aromatic nitrogens is 1. The minimum absolute atomic E-state index is 0.171. The third-order valence-electron chi connectivity index (χ3n) is 4.33. The van der Waals surface area contributed by atoms with Gasteiger partial charge in [-0.25, -0.2) is 14.4 Å². The number of amides is 1. The summed E-state index contributed by atoms with van der Waals surface area (Å²) in [6, 6.07) is 8.01. The summed E-state index contributed by atoms with van der Waals surface area (Å²) in [6.07, 6.45) is 2.81. The first kappa shape index (κ1) is 20.3. The molecule has 1 amide bonds. The van der Waals surface area contributed by atoms with Crippen LogP contribution in [-0.4, -0.2) is 23.6 Å². The van der Waals surface area contributed by atoms with E-state index in [2.05, 4.69) is 15.3 Å². The molecular formula is C20H17ClFN5O2. The van der Waals surface area contributed by atoms with Crippen LogP contribution in [0.4, 0.5) is 10.1 Å². The molecule has 1 aromatic carbocycles. The molecule has 0 saturated carbocycles. The maximum Gasteiger partial charge on any atom is 0.288 e. The molecule has 1 aromatic heterocycles. The first-order chi connectivity index (χ1) is 13.8. The quantitative estimate of drug-likeness (QED) is 0.795. The number of alkyl halides is 1. The molecule has 2 heterocycles. The number of hydrogen-bond acceptors (Lipinski definition) is 6. The summed E-state index contributed by atoms with van der Waals surface area (Å²) in [5, 5.41) is 11.9. The molecule has 2 aromatic rings. The molecule has 29 heavy (non-hydrogen) atoms. The Kier molecular flexibility index (Phi) is 5.52. The van der Waals surface area contributed by atoms with Crippen molar-refractivity contribution in [1.29, 1.82) is 5.26 Å². The molecule has 3 rings (SSSR count). The number of halogens is 2. The number of amidine groups is 1. The van der Waals surface area contributed by atoms with Gasteiger partial charge >= 0.3 is 0 Å². The van der Waals surface area contributed by atoms with Crippen molar-refractivity contribution in [2.75, 3.05) is 12.0 Å². The number of carbonyl (C=O) groups excluding carboxylic acids is 1. The van der Waals surface area contributed by atoms with Gasteiger partial charge < -0.3 is 15.8 Å². The lowest BCUT2D eigenvalue weighted by atomic mass is 9.90. The Morgan fingerprint density at radius 1 is 1.41 bits per heavy atom. The van der Waals surface area contributed by atoms with Crippen LogP contribution in [0.2, 0.25) is 5.02 Å². The summed E-state index contributed by atoms with van der Waals surface area (Å²) in [4.78, 5) is 20.8. The Bertz CT molecular complexity index is 1070. The Labute approximate surface area is 171 Å². The lowest BCUT2D eigenvalue weighted by molar-refractivity contribution is 0.102. The van der Waals surface area contributed by atoms with Gasteiger partial charge in [-0.05, 0) is 49.8 Å². The average molecular weight is 414 g/mol. The number of rotatable bonds is 4. The SMILES string of the molecule is CC1=CC(CF)(c2cc(NC(=O)c3ncc(C#N)cc3C)ccc2Cl)N=C(N)O1. The van der Waals surface area contributed by atoms with Gasteiger partial charge in [0, 0.05) is 22.5 Å². The van der Waals surface area contributed by atoms with Crippen molar-refractivity contribution in [1.82, 2.24) is 4.98 Å². The van der Waals surface area contributed by atoms with Crippen LogP contribution in [0, 0.1) is 18.3 Å². The number of ether oxygens (including phenoxy) is 1. The number of carbonyl (C=O) groups is 1. The fraction of sp³-hybridized carbons (Fsp3) is 0.200. The van der Waals surface area contributed by atoms with Crippen molar-refractivity contribution in [3.63, 3.8) is 0 Å². The van der Waals surface area contributed by atoms with E-state index in [1.54, 1.807) is 26.0 Å². The van der Waals surface area contributed by atoms with Crippen LogP contribution in [0.5, 0.6) is 0 Å². The second kappa shape index (κ2) is 7.89. The third-order valence-corrected chi connectivity index (χ3v) is 4.66. The Morgan fingerprint density at radius 3 is 2.79 bits per heavy atom. The molecular weight excluding hydrogens is 397 g/mol. The number of benzene rings is 1. The zero-order valence-electron chi connectivity index (χ0n) is 15.7. The molecule has 0 radical (unpaired) electrons. The smallest absolute Gasteiger partial charge is 0.288 e. The summed E-state index contributed by atoms with van der Waals surface area (Å²) >= 11 is 6.30. The van der Waals surface area contributed by atoms with Gasteiger partial charge in [-0.1, -0.05) is 11.6 Å². The van der Waals surface area contributed by atoms with Gasteiger partial charge in [-0.15, -0.1) is 0 Å². The second-order valence-corrected chi connectivity index (χ2v) is 6.92. The second-order valence-electron chi connectivity index (χ2n) is 6.52. The van der Waals surface area contributed by atoms with E-state index in [1.807, 2.05) is 6.07 Å². The maximum atomic E-state index is 14.1. The zero-order chi connectivity index (χ0) is 21.2. The van der Waals surface area contributed by atoms with E-state index in [0.717, 1.165) is 0 Å². The molecule has 0 bridgehead atoms. The zero-order valence-corrected chi connectivity index (χ0v) is 16.4. The molecule has 3 N–H and O–H groups in total. The highest BCUT2D eigenvalue weighted by atomic mass is 35.5. The van der Waals surface area contributed by atoms with Crippen LogP contribution >= 0.6 is 11.6 Å². The predicted molar refractivity (Wildman–Crippen MR) is 107 cm³/mol. The largest absolute Gasteiger partial charge is 0.431 e. The molecule has 0 aliphatic carbocycles. The highest BCUT2D eigenvalue weighted by molar-refractivity contribution is 6.31. The predicted octanol–water partition coefficient (Wildman–Crippen LogP) is 3.58. The van der Waals surface area contributed by atoms with Crippen LogP contribution < -0.4 is 11.1 Å². The number of nitrogens with one attached hydrogen (secondary N) is 1. The molecule has 0 spiro atoms. The van der Waals surface area contributed by atoms with Gasteiger partial charge in [0.05, 0.1) is 5.56 Å². The van der Waals surface area contributed by atoms with Crippen LogP contribution in [0.15, 0.2) is 47.3 Å². The van der Waals surface area contributed by atoms with Crippen molar-refractivity contribution in [3.05, 3.63) is 69.7 Å². The molecule has 9 heteroatoms. The summed E-state index contributed by atoms with van der Waals surface area (Å²) < 4.78 is 19.3. The lowest BCUT2D eigenvalue weighted by Gasteiger charge is -2.29. The van der Waals surface area contributed by atoms with Gasteiger partial charge in [-0.3, -0.25) is 4.79 Å². The number of nitriles is 1. The van der Waals surface area contributed by atoms with Crippen LogP contribution in [0.1, 0.15) is 34.1 Å². The summed E-state index contributed by atoms with van der Waals surface area (Å²) in [7, 11) is 0. The van der Waals surface area contributed by atoms with E-state index in [0.29, 0.717) is 28.1 Å². The first-order valence-corrected chi connectivity index (χ1v) is 8.92. The number of anilines is 1. The van der Waals surface area contributed by atoms with Crippen molar-refractivity contribution in [2.45, 2.75) is 19.4 Å². The number of allylic oxidation sites excluding steroid dienone is 1. The van der Waals surface area contributed by atoms with E-state index < -0.39 is 18.1 Å². The average Bonchev–Trinajstić information content (AvgIpc) is 2.68. The monoisotopic (exact) mass is 413 g/mol. The molecule has 0 saturated heterocycles. The lowest BCUT2D eigenvalue weighted by Crippen LogP contribution is -2.33. The van der Waals surface area contributed by atoms with Crippen molar-refractivity contribution in [2.24, 2.45) is 10.7 Å². The summed E-state index contributed by atoms with van der Waals surface area (Å²) in [5.41, 5.74) is 6.01. The molecule has 7 nitrogen and oxygen atoms in total. The van der Waals surface area contributed by atoms with Crippen LogP contribution in [-0.2, 0) is 10.3 Å². The molecule has 148 valence electrons. The highest BCUT2D eigenvalue weighted by Gasteiger charge is 2.36. The van der Waals surface area contributed by atoms with Gasteiger partial charge in [0.1, 0.15) is 29.7 Å².